The van der Waals surface area contributed by atoms with Crippen molar-refractivity contribution in [3.05, 3.63) is 100 Å². The minimum absolute atomic E-state index is 0.0357. The molecule has 1 heterocycles. The Bertz CT molecular complexity index is 1980. The summed E-state index contributed by atoms with van der Waals surface area (Å²) in [6.07, 6.45) is -3.32. The fourth-order valence-electron chi connectivity index (χ4n) is 5.23. The van der Waals surface area contributed by atoms with E-state index in [2.05, 4.69) is 36.2 Å². The van der Waals surface area contributed by atoms with Crippen LogP contribution in [0.1, 0.15) is 47.2 Å². The van der Waals surface area contributed by atoms with Gasteiger partial charge >= 0.3 is 18.2 Å². The smallest absolute Gasteiger partial charge is 0.422 e. The van der Waals surface area contributed by atoms with Crippen molar-refractivity contribution < 1.29 is 46.2 Å². The number of hydrogen-bond donors (Lipinski definition) is 4. The van der Waals surface area contributed by atoms with Crippen LogP contribution in [-0.2, 0) is 31.1 Å². The Hall–Kier alpha value is -5.84. The van der Waals surface area contributed by atoms with E-state index < -0.39 is 59.8 Å². The minimum atomic E-state index is -4.64. The Balaban J connectivity index is 1.19. The lowest BCUT2D eigenvalue weighted by atomic mass is 10.1. The highest BCUT2D eigenvalue weighted by Gasteiger charge is 2.45. The molecule has 4 aromatic rings. The normalized spacial score (nSPS) is 13.6. The van der Waals surface area contributed by atoms with Crippen LogP contribution in [-0.4, -0.2) is 71.0 Å². The first-order valence-corrected chi connectivity index (χ1v) is 16.9. The van der Waals surface area contributed by atoms with Gasteiger partial charge in [0.05, 0.1) is 12.6 Å². The van der Waals surface area contributed by atoms with Gasteiger partial charge in [-0.2, -0.15) is 28.1 Å². The summed E-state index contributed by atoms with van der Waals surface area (Å²) in [6, 6.07) is 16.8. The third-order valence-electron chi connectivity index (χ3n) is 8.17. The Morgan fingerprint density at radius 3 is 2.30 bits per heavy atom. The number of ether oxygens (including phenoxy) is 2. The molecule has 13 nitrogen and oxygen atoms in total. The summed E-state index contributed by atoms with van der Waals surface area (Å²) in [5.41, 5.74) is 1.35. The zero-order chi connectivity index (χ0) is 38.9. The van der Waals surface area contributed by atoms with Crippen molar-refractivity contribution in [2.24, 2.45) is 0 Å². The Labute approximate surface area is 311 Å². The van der Waals surface area contributed by atoms with Crippen molar-refractivity contribution in [3.8, 4) is 6.01 Å². The summed E-state index contributed by atoms with van der Waals surface area (Å²) in [7, 11) is 1.13. The van der Waals surface area contributed by atoms with Gasteiger partial charge in [-0.25, -0.2) is 9.18 Å². The molecule has 0 saturated heterocycles. The Kier molecular flexibility index (Phi) is 12.6. The number of nitrogens with zero attached hydrogens (tertiary/aromatic N) is 3. The summed E-state index contributed by atoms with van der Waals surface area (Å²) < 4.78 is 61.8. The summed E-state index contributed by atoms with van der Waals surface area (Å²) in [4.78, 5) is 62.3. The highest BCUT2D eigenvalue weighted by atomic mass is 35.5. The summed E-state index contributed by atoms with van der Waals surface area (Å²) in [6.45, 7) is -1.77. The molecule has 1 fully saturated rings. The van der Waals surface area contributed by atoms with Crippen molar-refractivity contribution in [1.29, 1.82) is 0 Å². The maximum absolute atomic E-state index is 13.4. The van der Waals surface area contributed by atoms with Gasteiger partial charge in [0, 0.05) is 29.2 Å². The van der Waals surface area contributed by atoms with Crippen LogP contribution < -0.4 is 26.0 Å². The van der Waals surface area contributed by atoms with Crippen molar-refractivity contribution in [2.75, 3.05) is 30.9 Å². The van der Waals surface area contributed by atoms with E-state index in [1.54, 1.807) is 18.2 Å². The first-order valence-electron chi connectivity index (χ1n) is 16.5. The van der Waals surface area contributed by atoms with E-state index >= 15 is 0 Å². The van der Waals surface area contributed by atoms with Crippen LogP contribution in [0.5, 0.6) is 6.01 Å². The van der Waals surface area contributed by atoms with Gasteiger partial charge in [-0.1, -0.05) is 35.9 Å². The van der Waals surface area contributed by atoms with Crippen molar-refractivity contribution >= 4 is 52.8 Å². The molecule has 0 radical (unpaired) electrons. The molecule has 3 aromatic carbocycles. The van der Waals surface area contributed by atoms with Crippen LogP contribution >= 0.6 is 11.6 Å². The number of esters is 1. The molecule has 4 N–H and O–H groups in total. The van der Waals surface area contributed by atoms with E-state index in [1.807, 2.05) is 12.1 Å². The van der Waals surface area contributed by atoms with Crippen LogP contribution in [0.3, 0.4) is 0 Å². The molecule has 1 atom stereocenters. The highest BCUT2D eigenvalue weighted by molar-refractivity contribution is 6.36. The number of halogens is 5. The number of methoxy groups -OCH3 is 1. The molecule has 0 bridgehead atoms. The molecule has 1 saturated carbocycles. The number of benzene rings is 3. The zero-order valence-electron chi connectivity index (χ0n) is 28.6. The molecule has 1 aromatic heterocycles. The number of carbonyl (C=O) groups excluding carboxylic acids is 4. The second-order valence-electron chi connectivity index (χ2n) is 12.2. The van der Waals surface area contributed by atoms with Crippen LogP contribution in [0.25, 0.3) is 0 Å². The molecule has 1 aliphatic carbocycles. The number of carbonyl (C=O) groups is 4. The fourth-order valence-corrected chi connectivity index (χ4v) is 5.36. The van der Waals surface area contributed by atoms with Crippen LogP contribution in [0.2, 0.25) is 5.02 Å². The third kappa shape index (κ3) is 11.3. The number of hydrogen-bond acceptors (Lipinski definition) is 11. The largest absolute Gasteiger partial charge is 0.467 e. The van der Waals surface area contributed by atoms with Gasteiger partial charge in [-0.15, -0.1) is 0 Å². The summed E-state index contributed by atoms with van der Waals surface area (Å²) in [5, 5.41) is 11.5. The fraction of sp³-hybridized carbons (Fsp3) is 0.306. The molecule has 0 unspecified atom stereocenters. The molecule has 0 spiro atoms. The molecular weight excluding hydrogens is 738 g/mol. The monoisotopic (exact) mass is 771 g/mol. The second kappa shape index (κ2) is 17.3. The second-order valence-corrected chi connectivity index (χ2v) is 12.7. The van der Waals surface area contributed by atoms with Crippen molar-refractivity contribution in [3.63, 3.8) is 0 Å². The quantitative estimate of drug-likeness (QED) is 0.0613. The molecule has 18 heteroatoms. The number of ketones is 1. The van der Waals surface area contributed by atoms with E-state index in [1.165, 1.54) is 42.5 Å². The van der Waals surface area contributed by atoms with Gasteiger partial charge < -0.3 is 30.7 Å². The average Bonchev–Trinajstić information content (AvgIpc) is 3.92. The molecular formula is C36H34ClF4N7O6. The summed E-state index contributed by atoms with van der Waals surface area (Å²) >= 11 is 6.02. The number of aromatic nitrogens is 3. The van der Waals surface area contributed by atoms with Gasteiger partial charge in [0.25, 0.3) is 11.8 Å². The average molecular weight is 772 g/mol. The topological polar surface area (TPSA) is 174 Å². The Morgan fingerprint density at radius 1 is 0.944 bits per heavy atom. The lowest BCUT2D eigenvalue weighted by molar-refractivity contribution is -0.154. The molecule has 284 valence electrons. The number of alkyl halides is 3. The van der Waals surface area contributed by atoms with Gasteiger partial charge in [-0.3, -0.25) is 14.4 Å². The van der Waals surface area contributed by atoms with E-state index in [4.69, 9.17) is 21.1 Å². The molecule has 0 aliphatic heterocycles. The van der Waals surface area contributed by atoms with Gasteiger partial charge in [0.2, 0.25) is 17.7 Å². The number of nitrogens with one attached hydrogen (secondary N) is 4. The minimum Gasteiger partial charge on any atom is -0.467 e. The molecule has 1 aliphatic rings. The number of amides is 2. The molecule has 2 amide bonds. The van der Waals surface area contributed by atoms with Gasteiger partial charge in [0.15, 0.2) is 6.61 Å². The van der Waals surface area contributed by atoms with E-state index in [9.17, 15) is 36.7 Å². The molecule has 5 rings (SSSR count). The summed E-state index contributed by atoms with van der Waals surface area (Å²) in [5.74, 6) is -3.71. The van der Waals surface area contributed by atoms with Crippen LogP contribution in [0.4, 0.5) is 35.1 Å². The van der Waals surface area contributed by atoms with Crippen molar-refractivity contribution in [1.82, 2.24) is 25.6 Å². The van der Waals surface area contributed by atoms with Crippen LogP contribution in [0, 0.1) is 5.82 Å². The van der Waals surface area contributed by atoms with Gasteiger partial charge in [-0.05, 0) is 85.3 Å². The first kappa shape index (κ1) is 39.4. The predicted molar refractivity (Wildman–Crippen MR) is 188 cm³/mol. The highest BCUT2D eigenvalue weighted by Crippen LogP contribution is 2.48. The SMILES string of the molecule is COC(=O)[C@H](CCNC(=O)C(=O)CCc1cccc(F)c1)NC(=O)c1ccc(Nc2nc(NC3(c4ccc(Cl)cc4)CC3)nc(OCC(F)(F)F)n2)cc1. The molecule has 54 heavy (non-hydrogen) atoms. The maximum atomic E-state index is 13.4. The number of Topliss-reactive ketones (excluding diaryl/α,β-unsaturated/α-hetero) is 1. The third-order valence-corrected chi connectivity index (χ3v) is 8.43. The van der Waals surface area contributed by atoms with E-state index in [0.717, 1.165) is 12.7 Å². The number of anilines is 3. The van der Waals surface area contributed by atoms with Crippen LogP contribution in [0.15, 0.2) is 72.8 Å². The van der Waals surface area contributed by atoms with E-state index in [-0.39, 0.29) is 43.3 Å². The first-order chi connectivity index (χ1) is 25.7. The maximum Gasteiger partial charge on any atom is 0.422 e. The van der Waals surface area contributed by atoms with Gasteiger partial charge in [0.1, 0.15) is 11.9 Å². The Morgan fingerprint density at radius 2 is 1.65 bits per heavy atom. The van der Waals surface area contributed by atoms with Crippen molar-refractivity contribution in [2.45, 2.75) is 49.9 Å². The standard InChI is InChI=1S/C36H34ClF4N7O6/c1-53-31(52)27(15-18-42-30(51)28(49)14-5-21-3-2-4-25(38)19-21)44-29(50)22-6-12-26(13-7-22)43-32-45-33(47-34(46-32)54-20-36(39,40)41)48-35(16-17-35)23-8-10-24(37)11-9-23/h2-4,6-13,19,27H,5,14-18,20H2,1H3,(H,42,51)(H,44,50)(H2,43,45,46,47,48)/t27-/m0/s1. The number of aryl methyl sites for hydroxylation is 1. The predicted octanol–water partition coefficient (Wildman–Crippen LogP) is 5.43. The lowest BCUT2D eigenvalue weighted by Crippen LogP contribution is -2.44. The van der Waals surface area contributed by atoms with E-state index in [0.29, 0.717) is 29.1 Å². The lowest BCUT2D eigenvalue weighted by Gasteiger charge is -2.19. The number of rotatable bonds is 17. The zero-order valence-corrected chi connectivity index (χ0v) is 29.4.